The van der Waals surface area contributed by atoms with Gasteiger partial charge in [-0.1, -0.05) is 35.9 Å². The second-order valence-corrected chi connectivity index (χ2v) is 5.45. The maximum absolute atomic E-state index is 11.9. The lowest BCUT2D eigenvalue weighted by atomic mass is 10.1. The first-order valence-electron chi connectivity index (χ1n) is 7.16. The second-order valence-electron chi connectivity index (χ2n) is 5.05. The van der Waals surface area contributed by atoms with Crippen molar-refractivity contribution in [3.8, 4) is 11.5 Å². The molecule has 2 aromatic rings. The van der Waals surface area contributed by atoms with Crippen molar-refractivity contribution in [3.63, 3.8) is 0 Å². The van der Waals surface area contributed by atoms with Crippen LogP contribution in [0.3, 0.4) is 0 Å². The van der Waals surface area contributed by atoms with Crippen LogP contribution in [-0.4, -0.2) is 12.8 Å². The molecule has 2 aromatic carbocycles. The highest BCUT2D eigenvalue weighted by Crippen LogP contribution is 2.32. The number of hydrogen-bond acceptors (Lipinski definition) is 4. The Morgan fingerprint density at radius 1 is 1.22 bits per heavy atom. The zero-order valence-corrected chi connectivity index (χ0v) is 13.2. The predicted octanol–water partition coefficient (Wildman–Crippen LogP) is 4.39. The van der Waals surface area contributed by atoms with Gasteiger partial charge in [0.1, 0.15) is 6.10 Å². The van der Waals surface area contributed by atoms with E-state index in [0.29, 0.717) is 16.5 Å². The van der Waals surface area contributed by atoms with E-state index in [0.717, 1.165) is 11.1 Å². The van der Waals surface area contributed by atoms with Crippen LogP contribution in [0.15, 0.2) is 48.5 Å². The average molecular weight is 331 g/mol. The molecule has 1 heterocycles. The molecule has 0 bridgehead atoms. The van der Waals surface area contributed by atoms with Crippen molar-refractivity contribution in [2.24, 2.45) is 0 Å². The van der Waals surface area contributed by atoms with Gasteiger partial charge in [0.25, 0.3) is 0 Å². The Morgan fingerprint density at radius 2 is 2.00 bits per heavy atom. The summed E-state index contributed by atoms with van der Waals surface area (Å²) in [6, 6.07) is 12.7. The average Bonchev–Trinajstić information content (AvgIpc) is 3.01. The van der Waals surface area contributed by atoms with Crippen molar-refractivity contribution in [3.05, 3.63) is 64.7 Å². The van der Waals surface area contributed by atoms with E-state index in [2.05, 4.69) is 0 Å². The van der Waals surface area contributed by atoms with Crippen LogP contribution in [-0.2, 0) is 9.53 Å². The number of esters is 1. The smallest absolute Gasteiger partial charge is 0.331 e. The third-order valence-electron chi connectivity index (χ3n) is 3.44. The van der Waals surface area contributed by atoms with E-state index in [1.54, 1.807) is 25.1 Å². The largest absolute Gasteiger partial charge is 0.455 e. The summed E-state index contributed by atoms with van der Waals surface area (Å²) >= 11 is 6.09. The first-order chi connectivity index (χ1) is 11.1. The molecule has 0 aromatic heterocycles. The Bertz CT molecular complexity index is 754. The lowest BCUT2D eigenvalue weighted by Crippen LogP contribution is -2.06. The monoisotopic (exact) mass is 330 g/mol. The van der Waals surface area contributed by atoms with Crippen LogP contribution in [0.2, 0.25) is 5.02 Å². The summed E-state index contributed by atoms with van der Waals surface area (Å²) in [6.07, 6.45) is 2.63. The summed E-state index contributed by atoms with van der Waals surface area (Å²) < 4.78 is 15.9. The van der Waals surface area contributed by atoms with Gasteiger partial charge in [-0.25, -0.2) is 4.79 Å². The Balaban J connectivity index is 1.64. The van der Waals surface area contributed by atoms with E-state index in [4.69, 9.17) is 25.8 Å². The molecule has 0 radical (unpaired) electrons. The fraction of sp³-hybridized carbons (Fsp3) is 0.167. The molecule has 5 heteroatoms. The van der Waals surface area contributed by atoms with E-state index in [1.807, 2.05) is 30.3 Å². The molecule has 0 aliphatic carbocycles. The zero-order valence-electron chi connectivity index (χ0n) is 12.5. The third-order valence-corrected chi connectivity index (χ3v) is 3.79. The maximum atomic E-state index is 11.9. The van der Waals surface area contributed by atoms with Crippen LogP contribution >= 0.6 is 11.6 Å². The minimum atomic E-state index is -0.435. The Labute approximate surface area is 139 Å². The van der Waals surface area contributed by atoms with Crippen molar-refractivity contribution in [1.82, 2.24) is 0 Å². The minimum Gasteiger partial charge on any atom is -0.455 e. The Hall–Kier alpha value is -2.46. The maximum Gasteiger partial charge on any atom is 0.331 e. The van der Waals surface area contributed by atoms with E-state index < -0.39 is 12.1 Å². The third kappa shape index (κ3) is 3.66. The molecule has 1 atom stereocenters. The van der Waals surface area contributed by atoms with Gasteiger partial charge < -0.3 is 14.2 Å². The molecule has 4 nitrogen and oxygen atoms in total. The van der Waals surface area contributed by atoms with Crippen molar-refractivity contribution < 1.29 is 19.0 Å². The lowest BCUT2D eigenvalue weighted by Gasteiger charge is -2.13. The zero-order chi connectivity index (χ0) is 16.2. The fourth-order valence-corrected chi connectivity index (χ4v) is 2.55. The molecule has 0 saturated heterocycles. The second kappa shape index (κ2) is 6.75. The molecular formula is C18H15ClO4. The normalized spacial score (nSPS) is 14.0. The van der Waals surface area contributed by atoms with Gasteiger partial charge in [0.15, 0.2) is 11.5 Å². The molecule has 1 aliphatic heterocycles. The van der Waals surface area contributed by atoms with Crippen molar-refractivity contribution >= 4 is 23.6 Å². The van der Waals surface area contributed by atoms with Gasteiger partial charge in [-0.3, -0.25) is 0 Å². The van der Waals surface area contributed by atoms with E-state index in [-0.39, 0.29) is 6.79 Å². The molecule has 0 amide bonds. The Kier molecular flexibility index (Phi) is 4.53. The first kappa shape index (κ1) is 15.4. The van der Waals surface area contributed by atoms with Gasteiger partial charge in [0.2, 0.25) is 6.79 Å². The van der Waals surface area contributed by atoms with Crippen molar-refractivity contribution in [2.45, 2.75) is 13.0 Å². The van der Waals surface area contributed by atoms with Gasteiger partial charge in [0.05, 0.1) is 0 Å². The number of rotatable bonds is 4. The summed E-state index contributed by atoms with van der Waals surface area (Å²) in [5.41, 5.74) is 1.61. The van der Waals surface area contributed by atoms with Crippen LogP contribution in [0.1, 0.15) is 24.2 Å². The highest BCUT2D eigenvalue weighted by Gasteiger charge is 2.14. The first-order valence-corrected chi connectivity index (χ1v) is 7.54. The molecule has 1 aliphatic rings. The van der Waals surface area contributed by atoms with Gasteiger partial charge in [0, 0.05) is 16.7 Å². The minimum absolute atomic E-state index is 0.222. The molecule has 23 heavy (non-hydrogen) atoms. The van der Waals surface area contributed by atoms with E-state index >= 15 is 0 Å². The molecule has 0 saturated carbocycles. The van der Waals surface area contributed by atoms with Gasteiger partial charge in [-0.05, 0) is 36.8 Å². The molecule has 3 rings (SSSR count). The number of benzene rings is 2. The van der Waals surface area contributed by atoms with Crippen LogP contribution in [0, 0.1) is 0 Å². The summed E-state index contributed by atoms with van der Waals surface area (Å²) in [6.45, 7) is 2.01. The fourth-order valence-electron chi connectivity index (χ4n) is 2.26. The van der Waals surface area contributed by atoms with E-state index in [9.17, 15) is 4.79 Å². The molecule has 0 N–H and O–H groups in total. The number of halogens is 1. The molecule has 118 valence electrons. The number of carbonyl (C=O) groups is 1. The molecular weight excluding hydrogens is 316 g/mol. The van der Waals surface area contributed by atoms with Crippen LogP contribution in [0.5, 0.6) is 11.5 Å². The topological polar surface area (TPSA) is 44.8 Å². The number of hydrogen-bond donors (Lipinski definition) is 0. The number of carbonyl (C=O) groups excluding carboxylic acids is 1. The van der Waals surface area contributed by atoms with Gasteiger partial charge in [-0.15, -0.1) is 0 Å². The lowest BCUT2D eigenvalue weighted by molar-refractivity contribution is -0.142. The van der Waals surface area contributed by atoms with Crippen LogP contribution < -0.4 is 9.47 Å². The molecule has 0 fully saturated rings. The number of fused-ring (bicyclic) bond motifs is 1. The Morgan fingerprint density at radius 3 is 2.83 bits per heavy atom. The SMILES string of the molecule is C[C@H](OC(=O)/C=C/c1ccc2c(c1)OCO2)c1ccccc1Cl. The van der Waals surface area contributed by atoms with Gasteiger partial charge in [-0.2, -0.15) is 0 Å². The summed E-state index contributed by atoms with van der Waals surface area (Å²) in [5, 5.41) is 0.576. The highest BCUT2D eigenvalue weighted by molar-refractivity contribution is 6.31. The summed E-state index contributed by atoms with van der Waals surface area (Å²) in [7, 11) is 0. The van der Waals surface area contributed by atoms with Gasteiger partial charge >= 0.3 is 5.97 Å². The van der Waals surface area contributed by atoms with Crippen LogP contribution in [0.25, 0.3) is 6.08 Å². The van der Waals surface area contributed by atoms with Crippen LogP contribution in [0.4, 0.5) is 0 Å². The number of ether oxygens (including phenoxy) is 3. The van der Waals surface area contributed by atoms with Crippen molar-refractivity contribution in [2.75, 3.05) is 6.79 Å². The van der Waals surface area contributed by atoms with Crippen molar-refractivity contribution in [1.29, 1.82) is 0 Å². The summed E-state index contributed by atoms with van der Waals surface area (Å²) in [4.78, 5) is 11.9. The van der Waals surface area contributed by atoms with E-state index in [1.165, 1.54) is 6.08 Å². The highest BCUT2D eigenvalue weighted by atomic mass is 35.5. The summed E-state index contributed by atoms with van der Waals surface area (Å²) in [5.74, 6) is 0.942. The quantitative estimate of drug-likeness (QED) is 0.616. The molecule has 0 unspecified atom stereocenters. The predicted molar refractivity (Wildman–Crippen MR) is 87.6 cm³/mol. The standard InChI is InChI=1S/C18H15ClO4/c1-12(14-4-2-3-5-15(14)19)23-18(20)9-7-13-6-8-16-17(10-13)22-11-21-16/h2-10,12H,11H2,1H3/b9-7+/t12-/m0/s1. The molecule has 0 spiro atoms.